The minimum atomic E-state index is -4.70. The van der Waals surface area contributed by atoms with E-state index in [1.165, 1.54) is 24.4 Å². The fourth-order valence-electron chi connectivity index (χ4n) is 3.27. The first-order chi connectivity index (χ1) is 15.3. The van der Waals surface area contributed by atoms with Crippen LogP contribution in [0, 0.1) is 5.92 Å². The zero-order valence-corrected chi connectivity index (χ0v) is 19.1. The largest absolute Gasteiger partial charge is 0.476 e. The molecule has 4 aromatic rings. The molecule has 1 N–H and O–H groups in total. The van der Waals surface area contributed by atoms with Crippen molar-refractivity contribution in [2.75, 3.05) is 17.6 Å². The molecule has 0 saturated heterocycles. The number of rotatable bonds is 6. The SMILES string of the molecule is CC(C)COc1ncc(-n2c(C(F)(F)F)cc3cc4c(NS(C)(=O)=O)noc4cc32)cc1Cl. The first-order valence-electron chi connectivity index (χ1n) is 9.62. The molecule has 13 heteroatoms. The number of pyridine rings is 1. The number of alkyl halides is 3. The summed E-state index contributed by atoms with van der Waals surface area (Å²) in [6, 6.07) is 5.00. The molecule has 0 unspecified atom stereocenters. The Kier molecular flexibility index (Phi) is 5.69. The number of anilines is 1. The molecule has 0 saturated carbocycles. The maximum absolute atomic E-state index is 13.9. The Balaban J connectivity index is 1.90. The molecule has 1 aromatic carbocycles. The van der Waals surface area contributed by atoms with Crippen molar-refractivity contribution < 1.29 is 30.8 Å². The van der Waals surface area contributed by atoms with Crippen LogP contribution in [0.25, 0.3) is 27.6 Å². The van der Waals surface area contributed by atoms with Gasteiger partial charge in [0.05, 0.1) is 35.6 Å². The molecule has 0 aliphatic carbocycles. The first kappa shape index (κ1) is 23.2. The Bertz CT molecular complexity index is 1460. The molecule has 0 spiro atoms. The third kappa shape index (κ3) is 4.71. The van der Waals surface area contributed by atoms with Crippen LogP contribution < -0.4 is 9.46 Å². The van der Waals surface area contributed by atoms with Gasteiger partial charge < -0.3 is 13.8 Å². The van der Waals surface area contributed by atoms with E-state index in [-0.39, 0.29) is 50.2 Å². The van der Waals surface area contributed by atoms with Crippen LogP contribution in [0.15, 0.2) is 35.0 Å². The third-order valence-corrected chi connectivity index (χ3v) is 5.41. The average molecular weight is 503 g/mol. The maximum Gasteiger partial charge on any atom is 0.431 e. The Morgan fingerprint density at radius 1 is 1.24 bits per heavy atom. The predicted octanol–water partition coefficient (Wildman–Crippen LogP) is 5.25. The van der Waals surface area contributed by atoms with Crippen LogP contribution in [-0.4, -0.2) is 36.0 Å². The molecule has 3 aromatic heterocycles. The van der Waals surface area contributed by atoms with Crippen molar-refractivity contribution in [1.29, 1.82) is 0 Å². The van der Waals surface area contributed by atoms with Gasteiger partial charge in [0.1, 0.15) is 10.7 Å². The summed E-state index contributed by atoms with van der Waals surface area (Å²) in [7, 11) is -3.67. The molecule has 3 heterocycles. The highest BCUT2D eigenvalue weighted by molar-refractivity contribution is 7.92. The van der Waals surface area contributed by atoms with E-state index in [9.17, 15) is 21.6 Å². The second-order valence-corrected chi connectivity index (χ2v) is 10.0. The zero-order chi connectivity index (χ0) is 24.1. The summed E-state index contributed by atoms with van der Waals surface area (Å²) in [5.41, 5.74) is -0.666. The quantitative estimate of drug-likeness (QED) is 0.387. The van der Waals surface area contributed by atoms with E-state index in [2.05, 4.69) is 14.9 Å². The first-order valence-corrected chi connectivity index (χ1v) is 11.9. The molecule has 0 fully saturated rings. The molecule has 0 aliphatic rings. The summed E-state index contributed by atoms with van der Waals surface area (Å²) < 4.78 is 78.6. The number of sulfonamides is 1. The molecule has 0 bridgehead atoms. The number of benzene rings is 1. The summed E-state index contributed by atoms with van der Waals surface area (Å²) in [5.74, 6) is 0.208. The van der Waals surface area contributed by atoms with Crippen molar-refractivity contribution in [3.05, 3.63) is 41.2 Å². The lowest BCUT2D eigenvalue weighted by Crippen LogP contribution is -2.12. The number of nitrogens with zero attached hydrogens (tertiary/aromatic N) is 3. The van der Waals surface area contributed by atoms with Gasteiger partial charge in [0.15, 0.2) is 11.4 Å². The van der Waals surface area contributed by atoms with Crippen LogP contribution in [0.4, 0.5) is 19.0 Å². The van der Waals surface area contributed by atoms with Crippen LogP contribution >= 0.6 is 11.6 Å². The summed E-state index contributed by atoms with van der Waals surface area (Å²) in [5, 5.41) is 4.13. The molecule has 0 atom stereocenters. The van der Waals surface area contributed by atoms with E-state index in [1.54, 1.807) is 0 Å². The number of halogens is 4. The highest BCUT2D eigenvalue weighted by Gasteiger charge is 2.36. The second-order valence-electron chi connectivity index (χ2n) is 7.86. The third-order valence-electron chi connectivity index (χ3n) is 4.57. The lowest BCUT2D eigenvalue weighted by molar-refractivity contribution is -0.142. The van der Waals surface area contributed by atoms with Crippen LogP contribution in [0.2, 0.25) is 5.02 Å². The molecule has 176 valence electrons. The lowest BCUT2D eigenvalue weighted by Gasteiger charge is -2.15. The standard InChI is InChI=1S/C20H18ClF3N4O4S/c1-10(2)9-31-19-14(21)6-12(8-25-19)28-15-7-16-13(18(26-32-16)27-33(3,29)30)4-11(15)5-17(28)20(22,23)24/h4-8,10H,9H2,1-3H3,(H,26,27). The van der Waals surface area contributed by atoms with Crippen LogP contribution in [0.1, 0.15) is 19.5 Å². The molecule has 33 heavy (non-hydrogen) atoms. The number of fused-ring (bicyclic) bond motifs is 2. The second kappa shape index (κ2) is 8.10. The number of aromatic nitrogens is 3. The number of hydrogen-bond acceptors (Lipinski definition) is 6. The molecule has 0 radical (unpaired) electrons. The molecular formula is C20H18ClF3N4O4S. The Hall–Kier alpha value is -2.99. The minimum Gasteiger partial charge on any atom is -0.476 e. The van der Waals surface area contributed by atoms with Gasteiger partial charge in [0.25, 0.3) is 0 Å². The Morgan fingerprint density at radius 3 is 2.58 bits per heavy atom. The summed E-state index contributed by atoms with van der Waals surface area (Å²) in [6.07, 6.45) is -2.54. The Labute approximate surface area is 191 Å². The van der Waals surface area contributed by atoms with Crippen molar-refractivity contribution in [3.63, 3.8) is 0 Å². The van der Waals surface area contributed by atoms with E-state index in [1.807, 2.05) is 13.8 Å². The molecule has 4 rings (SSSR count). The van der Waals surface area contributed by atoms with E-state index in [4.69, 9.17) is 20.9 Å². The predicted molar refractivity (Wildman–Crippen MR) is 117 cm³/mol. The topological polar surface area (TPSA) is 99.2 Å². The minimum absolute atomic E-state index is 0.0588. The highest BCUT2D eigenvalue weighted by Crippen LogP contribution is 2.39. The average Bonchev–Trinajstić information content (AvgIpc) is 3.25. The summed E-state index contributed by atoms with van der Waals surface area (Å²) in [6.45, 7) is 4.22. The van der Waals surface area contributed by atoms with Crippen LogP contribution in [0.5, 0.6) is 5.88 Å². The van der Waals surface area contributed by atoms with Gasteiger partial charge in [-0.2, -0.15) is 13.2 Å². The van der Waals surface area contributed by atoms with E-state index < -0.39 is 21.9 Å². The van der Waals surface area contributed by atoms with E-state index >= 15 is 0 Å². The van der Waals surface area contributed by atoms with Crippen molar-refractivity contribution in [1.82, 2.24) is 14.7 Å². The van der Waals surface area contributed by atoms with Crippen molar-refractivity contribution >= 4 is 49.3 Å². The van der Waals surface area contributed by atoms with E-state index in [0.717, 1.165) is 16.9 Å². The number of nitrogens with one attached hydrogen (secondary N) is 1. The smallest absolute Gasteiger partial charge is 0.431 e. The fourth-order valence-corrected chi connectivity index (χ4v) is 3.98. The van der Waals surface area contributed by atoms with Crippen LogP contribution in [-0.2, 0) is 16.2 Å². The molecular weight excluding hydrogens is 485 g/mol. The van der Waals surface area contributed by atoms with E-state index in [0.29, 0.717) is 6.61 Å². The van der Waals surface area contributed by atoms with Crippen LogP contribution in [0.3, 0.4) is 0 Å². The fraction of sp³-hybridized carbons (Fsp3) is 0.300. The monoisotopic (exact) mass is 502 g/mol. The van der Waals surface area contributed by atoms with Gasteiger partial charge >= 0.3 is 6.18 Å². The van der Waals surface area contributed by atoms with Gasteiger partial charge in [0, 0.05) is 11.5 Å². The summed E-state index contributed by atoms with van der Waals surface area (Å²) in [4.78, 5) is 4.09. The Morgan fingerprint density at radius 2 is 1.97 bits per heavy atom. The maximum atomic E-state index is 13.9. The lowest BCUT2D eigenvalue weighted by atomic mass is 10.2. The highest BCUT2D eigenvalue weighted by atomic mass is 35.5. The van der Waals surface area contributed by atoms with Gasteiger partial charge in [-0.3, -0.25) is 4.72 Å². The van der Waals surface area contributed by atoms with Gasteiger partial charge in [-0.05, 0) is 24.1 Å². The molecule has 8 nitrogen and oxygen atoms in total. The van der Waals surface area contributed by atoms with Crippen molar-refractivity contribution in [2.24, 2.45) is 5.92 Å². The molecule has 0 aliphatic heterocycles. The summed E-state index contributed by atoms with van der Waals surface area (Å²) >= 11 is 6.23. The molecule has 0 amide bonds. The normalized spacial score (nSPS) is 12.7. The number of hydrogen-bond donors (Lipinski definition) is 1. The zero-order valence-electron chi connectivity index (χ0n) is 17.6. The van der Waals surface area contributed by atoms with Gasteiger partial charge in [0.2, 0.25) is 15.9 Å². The van der Waals surface area contributed by atoms with Crippen molar-refractivity contribution in [2.45, 2.75) is 20.0 Å². The van der Waals surface area contributed by atoms with Gasteiger partial charge in [-0.1, -0.05) is 30.6 Å². The van der Waals surface area contributed by atoms with Gasteiger partial charge in [-0.25, -0.2) is 13.4 Å². The van der Waals surface area contributed by atoms with Crippen molar-refractivity contribution in [3.8, 4) is 11.6 Å². The number of ether oxygens (including phenoxy) is 1. The van der Waals surface area contributed by atoms with Gasteiger partial charge in [-0.15, -0.1) is 0 Å².